The highest BCUT2D eigenvalue weighted by molar-refractivity contribution is 6.31. The van der Waals surface area contributed by atoms with Crippen molar-refractivity contribution in [3.8, 4) is 86.2 Å². The molecule has 8 amide bonds. The van der Waals surface area contributed by atoms with E-state index in [-0.39, 0.29) is 80.5 Å². The summed E-state index contributed by atoms with van der Waals surface area (Å²) in [7, 11) is 18.1. The van der Waals surface area contributed by atoms with Crippen molar-refractivity contribution >= 4 is 122 Å². The largest absolute Gasteiger partial charge is 0.573 e. The van der Waals surface area contributed by atoms with Crippen molar-refractivity contribution in [2.45, 2.75) is 61.2 Å². The second-order valence-electron chi connectivity index (χ2n) is 26.4. The Hall–Kier alpha value is -15.4. The van der Waals surface area contributed by atoms with E-state index >= 15 is 0 Å². The molecular formula is C91H96Cl2F4N8O25. The van der Waals surface area contributed by atoms with Gasteiger partial charge in [0.25, 0.3) is 11.8 Å². The molecule has 0 atom stereocenters. The third-order valence-electron chi connectivity index (χ3n) is 16.6. The van der Waals surface area contributed by atoms with E-state index in [1.54, 1.807) is 76.8 Å². The fraction of sp³-hybridized carbons (Fsp3) is 0.231. The van der Waals surface area contributed by atoms with Gasteiger partial charge in [0.05, 0.1) is 102 Å². The topological polar surface area (TPSA) is 419 Å². The minimum Gasteiger partial charge on any atom is -0.493 e. The number of esters is 2. The van der Waals surface area contributed by atoms with Crippen LogP contribution in [0.25, 0.3) is 0 Å². The van der Waals surface area contributed by atoms with Crippen molar-refractivity contribution in [3.63, 3.8) is 0 Å². The van der Waals surface area contributed by atoms with Crippen LogP contribution in [0.15, 0.2) is 170 Å². The zero-order valence-electron chi connectivity index (χ0n) is 73.9. The van der Waals surface area contributed by atoms with Crippen molar-refractivity contribution in [1.29, 1.82) is 0 Å². The predicted octanol–water partition coefficient (Wildman–Crippen LogP) is 17.4. The number of methoxy groups -OCH3 is 12. The monoisotopic (exact) mass is 1850 g/mol. The number of primary amides is 1. The van der Waals surface area contributed by atoms with Crippen LogP contribution in [0.4, 0.5) is 57.4 Å². The van der Waals surface area contributed by atoms with Crippen molar-refractivity contribution in [2.24, 2.45) is 5.73 Å². The number of carbonyl (C=O) groups excluding carboxylic acids is 10. The number of alkyl halides is 3. The zero-order chi connectivity index (χ0) is 96.8. The van der Waals surface area contributed by atoms with Crippen molar-refractivity contribution in [3.05, 3.63) is 225 Å². The summed E-state index contributed by atoms with van der Waals surface area (Å²) in [5.41, 5.74) is 10.5. The lowest BCUT2D eigenvalue weighted by Crippen LogP contribution is -2.17. The molecule has 0 radical (unpaired) electrons. The number of nitrogens with two attached hydrogens (primary N) is 1. The van der Waals surface area contributed by atoms with E-state index in [4.69, 9.17) is 95.3 Å². The van der Waals surface area contributed by atoms with Crippen LogP contribution in [-0.2, 0) is 24.0 Å². The molecule has 0 unspecified atom stereocenters. The van der Waals surface area contributed by atoms with E-state index in [9.17, 15) is 65.5 Å². The van der Waals surface area contributed by atoms with Crippen molar-refractivity contribution < 1.29 is 137 Å². The van der Waals surface area contributed by atoms with Gasteiger partial charge in [0.15, 0.2) is 46.0 Å². The summed E-state index contributed by atoms with van der Waals surface area (Å²) >= 11 is 11.7. The second kappa shape index (κ2) is 51.3. The highest BCUT2D eigenvalue weighted by Gasteiger charge is 2.31. The van der Waals surface area contributed by atoms with E-state index < -0.39 is 47.6 Å². The van der Waals surface area contributed by atoms with E-state index in [0.717, 1.165) is 29.3 Å². The van der Waals surface area contributed by atoms with Crippen LogP contribution in [0.1, 0.15) is 104 Å². The van der Waals surface area contributed by atoms with Gasteiger partial charge in [-0.1, -0.05) is 36.2 Å². The van der Waals surface area contributed by atoms with Crippen LogP contribution in [-0.4, -0.2) is 151 Å². The lowest BCUT2D eigenvalue weighted by molar-refractivity contribution is -0.274. The predicted molar refractivity (Wildman–Crippen MR) is 480 cm³/mol. The highest BCUT2D eigenvalue weighted by Crippen LogP contribution is 2.44. The molecule has 0 aliphatic rings. The fourth-order valence-electron chi connectivity index (χ4n) is 11.2. The Balaban J connectivity index is 0.000000282. The summed E-state index contributed by atoms with van der Waals surface area (Å²) < 4.78 is 127. The summed E-state index contributed by atoms with van der Waals surface area (Å²) in [5, 5.41) is 18.6. The quantitative estimate of drug-likeness (QED) is 0.0128. The smallest absolute Gasteiger partial charge is 0.493 e. The average Bonchev–Trinajstić information content (AvgIpc) is 0.821. The van der Waals surface area contributed by atoms with Crippen LogP contribution in [0, 0.1) is 19.7 Å². The molecule has 39 heteroatoms. The first-order valence-electron chi connectivity index (χ1n) is 38.0. The molecule has 10 aromatic rings. The van der Waals surface area contributed by atoms with E-state index in [1.165, 1.54) is 177 Å². The first-order valence-corrected chi connectivity index (χ1v) is 38.8. The molecule has 9 N–H and O–H groups in total. The molecule has 0 saturated carbocycles. The molecule has 33 nitrogen and oxygen atoms in total. The standard InChI is InChI=1S/C19H22N2O5.C19H21NO6.C18H18ClNO6.C17H14F4N2O3.C9H9ClN2O2.C9H12O3/c1-11-6-13(8-14(7-11)20-12(2)22)19(23)21-15-9-16(24-3)18(26-5)17(10-15)25-4;1-11-6-13(8-14(7-11)20-12(2)21)19(22)26-15-9-16(23-3)18(25-5)17(10-15)24-4;1-10(21)20-13-6-11(5-12(19)7-13)18(22)26-14-8-15(23-2)17(25-4)16(9-14)24-3;1-2-15(24)23-14-9-10(3-8-13(14)18)16(25)22-11-4-6-12(7-5-11)26-17(19,20)21;1-5(13)12-8-3-6(9(11)14)2-7(10)4-8;1-10-7-5-4-6-8(11-2)9(7)12-3/h6-10H,1-5H3,(H,20,22)(H,21,23);6-10H,1-5H3,(H,20,21);5-9H,1-4H3,(H,20,21);3-9H,2H2,1H3,(H,22,25)(H,23,24);2-4H,1H3,(H2,11,14)(H,12,13);4-6H,1-3H3. The van der Waals surface area contributed by atoms with Gasteiger partial charge in [0.1, 0.15) is 23.1 Å². The molecule has 692 valence electrons. The van der Waals surface area contributed by atoms with Crippen LogP contribution in [0.3, 0.4) is 0 Å². The number of hydrogen-bond acceptors (Lipinski definition) is 25. The number of anilines is 7. The van der Waals surface area contributed by atoms with Gasteiger partial charge in [-0.15, -0.1) is 13.2 Å². The fourth-order valence-corrected chi connectivity index (χ4v) is 11.7. The SMILES string of the molecule is CC(=O)Nc1cc(Cl)cc(C(N)=O)c1.CCC(=O)Nc1cc(C(=O)Nc2ccc(OC(F)(F)F)cc2)ccc1F.COc1cc(NC(=O)c2cc(C)cc(NC(C)=O)c2)cc(OC)c1OC.COc1cc(OC(=O)c2cc(C)cc(NC(C)=O)c2)cc(OC)c1OC.COc1cc(OC(=O)c2cc(Cl)cc(NC(C)=O)c2)cc(OC)c1OC.COc1cccc(OC)c1OC. The summed E-state index contributed by atoms with van der Waals surface area (Å²) in [4.78, 5) is 116. The zero-order valence-corrected chi connectivity index (χ0v) is 75.4. The van der Waals surface area contributed by atoms with E-state index in [0.29, 0.717) is 114 Å². The number of hydrogen-bond donors (Lipinski definition) is 8. The molecule has 0 aliphatic carbocycles. The summed E-state index contributed by atoms with van der Waals surface area (Å²) in [6, 6.07) is 41.8. The normalized spacial score (nSPS) is 10.1. The molecule has 0 bridgehead atoms. The van der Waals surface area contributed by atoms with Crippen LogP contribution in [0.5, 0.6) is 86.2 Å². The number of amides is 8. The highest BCUT2D eigenvalue weighted by atomic mass is 35.5. The molecule has 10 rings (SSSR count). The first-order chi connectivity index (χ1) is 61.6. The van der Waals surface area contributed by atoms with Crippen LogP contribution >= 0.6 is 23.2 Å². The molecule has 0 saturated heterocycles. The Bertz CT molecular complexity index is 5260. The molecule has 0 heterocycles. The maximum absolute atomic E-state index is 13.7. The number of nitrogens with one attached hydrogen (secondary N) is 7. The number of halogens is 6. The maximum atomic E-state index is 13.7. The van der Waals surface area contributed by atoms with Gasteiger partial charge in [-0.05, 0) is 152 Å². The molecule has 0 fully saturated rings. The third kappa shape index (κ3) is 33.5. The number of carbonyl (C=O) groups is 10. The van der Waals surface area contributed by atoms with E-state index in [1.807, 2.05) is 32.0 Å². The lowest BCUT2D eigenvalue weighted by atomic mass is 10.1. The third-order valence-corrected chi connectivity index (χ3v) is 17.1. The lowest BCUT2D eigenvalue weighted by Gasteiger charge is -2.15. The summed E-state index contributed by atoms with van der Waals surface area (Å²) in [6.45, 7) is 10.8. The number of benzene rings is 10. The Labute approximate surface area is 755 Å². The Kier molecular flexibility index (Phi) is 41.5. The van der Waals surface area contributed by atoms with E-state index in [2.05, 4.69) is 42.0 Å². The molecule has 130 heavy (non-hydrogen) atoms. The number of para-hydroxylation sites is 1. The number of ether oxygens (including phenoxy) is 15. The molecule has 0 spiro atoms. The maximum Gasteiger partial charge on any atom is 0.573 e. The Morgan fingerprint density at radius 3 is 1.04 bits per heavy atom. The number of aryl methyl sites for hydroxylation is 2. The molecular weight excluding hydrogens is 1750 g/mol. The van der Waals surface area contributed by atoms with Gasteiger partial charge in [-0.25, -0.2) is 14.0 Å². The first kappa shape index (κ1) is 105. The van der Waals surface area contributed by atoms with Gasteiger partial charge in [-0.2, -0.15) is 0 Å². The molecule has 0 aliphatic heterocycles. The average molecular weight is 1850 g/mol. The van der Waals surface area contributed by atoms with Gasteiger partial charge in [0.2, 0.25) is 58.4 Å². The number of rotatable bonds is 28. The van der Waals surface area contributed by atoms with Crippen molar-refractivity contribution in [2.75, 3.05) is 123 Å². The summed E-state index contributed by atoms with van der Waals surface area (Å²) in [5.74, 6) is 0.712. The van der Waals surface area contributed by atoms with Crippen LogP contribution in [0.2, 0.25) is 10.0 Å². The summed E-state index contributed by atoms with van der Waals surface area (Å²) in [6.07, 6.45) is -4.67. The molecule has 0 aromatic heterocycles. The van der Waals surface area contributed by atoms with Crippen LogP contribution < -0.4 is 114 Å². The van der Waals surface area contributed by atoms with Crippen molar-refractivity contribution in [1.82, 2.24) is 0 Å². The van der Waals surface area contributed by atoms with Gasteiger partial charge >= 0.3 is 18.3 Å². The Morgan fingerprint density at radius 1 is 0.338 bits per heavy atom. The minimum atomic E-state index is -4.81. The molecule has 10 aromatic carbocycles. The second-order valence-corrected chi connectivity index (χ2v) is 27.3. The van der Waals surface area contributed by atoms with Gasteiger partial charge in [0, 0.05) is 131 Å². The minimum absolute atomic E-state index is 0.0634. The van der Waals surface area contributed by atoms with Gasteiger partial charge in [-0.3, -0.25) is 38.4 Å². The van der Waals surface area contributed by atoms with Gasteiger partial charge < -0.3 is 114 Å². The Morgan fingerprint density at radius 2 is 0.669 bits per heavy atom.